The summed E-state index contributed by atoms with van der Waals surface area (Å²) in [6.07, 6.45) is 0. The van der Waals surface area contributed by atoms with E-state index in [9.17, 15) is 14.5 Å². The first kappa shape index (κ1) is 24.5. The Morgan fingerprint density at radius 3 is 2.39 bits per heavy atom. The van der Waals surface area contributed by atoms with Crippen LogP contribution in [0.15, 0.2) is 65.1 Å². The zero-order chi connectivity index (χ0) is 23.6. The summed E-state index contributed by atoms with van der Waals surface area (Å²) in [6, 6.07) is 16.4. The molecular weight excluding hydrogens is 493 g/mol. The van der Waals surface area contributed by atoms with Gasteiger partial charge in [-0.3, -0.25) is 10.1 Å². The summed E-state index contributed by atoms with van der Waals surface area (Å²) in [6.45, 7) is 4.68. The summed E-state index contributed by atoms with van der Waals surface area (Å²) in [5.41, 5.74) is 2.78. The molecule has 0 atom stereocenters. The Kier molecular flexibility index (Phi) is 9.03. The van der Waals surface area contributed by atoms with Crippen LogP contribution in [0.2, 0.25) is 0 Å². The molecule has 3 aromatic rings. The van der Waals surface area contributed by atoms with Crippen molar-refractivity contribution < 1.29 is 18.8 Å². The lowest BCUT2D eigenvalue weighted by Crippen LogP contribution is -2.21. The van der Waals surface area contributed by atoms with Gasteiger partial charge in [0.05, 0.1) is 16.0 Å². The predicted molar refractivity (Wildman–Crippen MR) is 129 cm³/mol. The first-order valence-electron chi connectivity index (χ1n) is 10.5. The number of halogens is 2. The van der Waals surface area contributed by atoms with Crippen LogP contribution in [-0.2, 0) is 13.2 Å². The molecule has 9 heteroatoms. The average Bonchev–Trinajstić information content (AvgIpc) is 2.80. The third-order valence-electron chi connectivity index (χ3n) is 4.70. The number of anilines is 1. The molecule has 0 amide bonds. The molecule has 3 rings (SSSR count). The van der Waals surface area contributed by atoms with Crippen molar-refractivity contribution in [1.29, 1.82) is 0 Å². The molecular formula is C24H25BrFN3O4. The second kappa shape index (κ2) is 12.2. The van der Waals surface area contributed by atoms with Gasteiger partial charge in [0.1, 0.15) is 12.4 Å². The van der Waals surface area contributed by atoms with Gasteiger partial charge in [-0.05, 0) is 70.4 Å². The molecule has 33 heavy (non-hydrogen) atoms. The maximum atomic E-state index is 13.1. The molecule has 0 saturated carbocycles. The lowest BCUT2D eigenvalue weighted by Gasteiger charge is -2.16. The van der Waals surface area contributed by atoms with E-state index < -0.39 is 4.92 Å². The summed E-state index contributed by atoms with van der Waals surface area (Å²) >= 11 is 3.57. The molecule has 3 aromatic carbocycles. The summed E-state index contributed by atoms with van der Waals surface area (Å²) in [5.74, 6) is 0.953. The topological polar surface area (TPSA) is 85.7 Å². The van der Waals surface area contributed by atoms with E-state index in [1.165, 1.54) is 24.3 Å². The molecule has 0 unspecified atom stereocenters. The molecule has 0 aliphatic carbocycles. The number of hydrogen-bond donors (Lipinski definition) is 2. The number of nitro groups is 1. The maximum Gasteiger partial charge on any atom is 0.269 e. The number of nitro benzene ring substituents is 1. The second-order valence-corrected chi connectivity index (χ2v) is 8.01. The molecule has 2 N–H and O–H groups in total. The highest BCUT2D eigenvalue weighted by atomic mass is 79.9. The Morgan fingerprint density at radius 2 is 1.73 bits per heavy atom. The van der Waals surface area contributed by atoms with Crippen molar-refractivity contribution in [1.82, 2.24) is 5.32 Å². The fourth-order valence-corrected chi connectivity index (χ4v) is 3.70. The van der Waals surface area contributed by atoms with E-state index in [1.807, 2.05) is 19.1 Å². The minimum atomic E-state index is -0.418. The van der Waals surface area contributed by atoms with Crippen molar-refractivity contribution in [3.05, 3.63) is 92.2 Å². The zero-order valence-electron chi connectivity index (χ0n) is 18.1. The van der Waals surface area contributed by atoms with Gasteiger partial charge in [-0.1, -0.05) is 12.1 Å². The van der Waals surface area contributed by atoms with Crippen molar-refractivity contribution in [2.24, 2.45) is 0 Å². The second-order valence-electron chi connectivity index (χ2n) is 7.16. The van der Waals surface area contributed by atoms with Crippen LogP contribution >= 0.6 is 15.9 Å². The summed E-state index contributed by atoms with van der Waals surface area (Å²) in [5, 5.41) is 17.3. The molecule has 0 fully saturated rings. The summed E-state index contributed by atoms with van der Waals surface area (Å²) in [7, 11) is 0. The Labute approximate surface area is 200 Å². The van der Waals surface area contributed by atoms with Gasteiger partial charge in [-0.15, -0.1) is 0 Å². The largest absolute Gasteiger partial charge is 0.490 e. The van der Waals surface area contributed by atoms with E-state index in [2.05, 4.69) is 26.6 Å². The number of rotatable bonds is 12. The molecule has 0 radical (unpaired) electrons. The summed E-state index contributed by atoms with van der Waals surface area (Å²) in [4.78, 5) is 10.3. The van der Waals surface area contributed by atoms with Gasteiger partial charge in [0.2, 0.25) is 0 Å². The first-order valence-corrected chi connectivity index (χ1v) is 11.3. The highest BCUT2D eigenvalue weighted by Crippen LogP contribution is 2.37. The van der Waals surface area contributed by atoms with Crippen LogP contribution in [0.25, 0.3) is 0 Å². The number of nitrogens with zero attached hydrogens (tertiary/aromatic N) is 1. The van der Waals surface area contributed by atoms with Crippen LogP contribution < -0.4 is 20.1 Å². The highest BCUT2D eigenvalue weighted by Gasteiger charge is 2.13. The van der Waals surface area contributed by atoms with Gasteiger partial charge in [0.15, 0.2) is 11.5 Å². The third kappa shape index (κ3) is 7.44. The zero-order valence-corrected chi connectivity index (χ0v) is 19.7. The van der Waals surface area contributed by atoms with E-state index in [-0.39, 0.29) is 11.5 Å². The SMILES string of the molecule is CCOc1cc(CNCCNc2ccc([N+](=O)[O-])cc2)cc(Br)c1OCc1ccc(F)cc1. The smallest absolute Gasteiger partial charge is 0.269 e. The molecule has 0 aliphatic heterocycles. The van der Waals surface area contributed by atoms with Gasteiger partial charge >= 0.3 is 0 Å². The number of ether oxygens (including phenoxy) is 2. The van der Waals surface area contributed by atoms with Gasteiger partial charge in [-0.2, -0.15) is 0 Å². The van der Waals surface area contributed by atoms with Crippen LogP contribution in [0.4, 0.5) is 15.8 Å². The van der Waals surface area contributed by atoms with Gasteiger partial charge in [-0.25, -0.2) is 4.39 Å². The van der Waals surface area contributed by atoms with Crippen molar-refractivity contribution in [2.75, 3.05) is 25.0 Å². The molecule has 0 aromatic heterocycles. The lowest BCUT2D eigenvalue weighted by atomic mass is 10.2. The molecule has 0 heterocycles. The first-order chi connectivity index (χ1) is 16.0. The van der Waals surface area contributed by atoms with E-state index in [0.29, 0.717) is 44.3 Å². The summed E-state index contributed by atoms with van der Waals surface area (Å²) < 4.78 is 25.6. The minimum Gasteiger partial charge on any atom is -0.490 e. The Morgan fingerprint density at radius 1 is 1.00 bits per heavy atom. The molecule has 0 saturated heterocycles. The number of non-ortho nitro benzene ring substituents is 1. The monoisotopic (exact) mass is 517 g/mol. The van der Waals surface area contributed by atoms with Crippen LogP contribution in [0.5, 0.6) is 11.5 Å². The van der Waals surface area contributed by atoms with Crippen molar-refractivity contribution >= 4 is 27.3 Å². The average molecular weight is 518 g/mol. The van der Waals surface area contributed by atoms with Gasteiger partial charge in [0, 0.05) is 37.5 Å². The predicted octanol–water partition coefficient (Wildman–Crippen LogP) is 5.68. The Balaban J connectivity index is 1.52. The van der Waals surface area contributed by atoms with E-state index >= 15 is 0 Å². The van der Waals surface area contributed by atoms with Crippen molar-refractivity contribution in [3.63, 3.8) is 0 Å². The fourth-order valence-electron chi connectivity index (χ4n) is 3.09. The Bertz CT molecular complexity index is 1060. The normalized spacial score (nSPS) is 10.6. The van der Waals surface area contributed by atoms with Crippen LogP contribution in [-0.4, -0.2) is 24.6 Å². The van der Waals surface area contributed by atoms with Gasteiger partial charge in [0.25, 0.3) is 5.69 Å². The molecule has 0 bridgehead atoms. The quantitative estimate of drug-likeness (QED) is 0.183. The number of hydrogen-bond acceptors (Lipinski definition) is 6. The highest BCUT2D eigenvalue weighted by molar-refractivity contribution is 9.10. The fraction of sp³-hybridized carbons (Fsp3) is 0.250. The van der Waals surface area contributed by atoms with E-state index in [0.717, 1.165) is 21.3 Å². The standard InChI is InChI=1S/C24H25BrFN3O4/c1-2-32-23-14-18(13-22(25)24(23)33-16-17-3-5-19(26)6-4-17)15-27-11-12-28-20-7-9-21(10-8-20)29(30)31/h3-10,13-14,27-28H,2,11-12,15-16H2,1H3. The van der Waals surface area contributed by atoms with E-state index in [1.54, 1.807) is 24.3 Å². The van der Waals surface area contributed by atoms with Crippen molar-refractivity contribution in [2.45, 2.75) is 20.1 Å². The molecule has 0 spiro atoms. The number of nitrogens with one attached hydrogen (secondary N) is 2. The van der Waals surface area contributed by atoms with Crippen molar-refractivity contribution in [3.8, 4) is 11.5 Å². The third-order valence-corrected chi connectivity index (χ3v) is 5.29. The lowest BCUT2D eigenvalue weighted by molar-refractivity contribution is -0.384. The van der Waals surface area contributed by atoms with E-state index in [4.69, 9.17) is 9.47 Å². The molecule has 174 valence electrons. The van der Waals surface area contributed by atoms with Crippen LogP contribution in [0.3, 0.4) is 0 Å². The van der Waals surface area contributed by atoms with Gasteiger partial charge < -0.3 is 20.1 Å². The molecule has 7 nitrogen and oxygen atoms in total. The maximum absolute atomic E-state index is 13.1. The minimum absolute atomic E-state index is 0.0689. The molecule has 0 aliphatic rings. The van der Waals surface area contributed by atoms with Crippen LogP contribution in [0, 0.1) is 15.9 Å². The Hall–Kier alpha value is -3.17. The van der Waals surface area contributed by atoms with Crippen LogP contribution in [0.1, 0.15) is 18.1 Å². The number of benzene rings is 3.